The van der Waals surface area contributed by atoms with Crippen molar-refractivity contribution >= 4 is 5.91 Å². The highest BCUT2D eigenvalue weighted by Crippen LogP contribution is 2.31. The summed E-state index contributed by atoms with van der Waals surface area (Å²) >= 11 is 0. The maximum atomic E-state index is 12.6. The number of amides is 1. The van der Waals surface area contributed by atoms with E-state index in [-0.39, 0.29) is 5.91 Å². The first-order chi connectivity index (χ1) is 13.6. The second-order valence-electron chi connectivity index (χ2n) is 6.90. The van der Waals surface area contributed by atoms with Crippen molar-refractivity contribution in [1.82, 2.24) is 10.2 Å². The summed E-state index contributed by atoms with van der Waals surface area (Å²) in [6.45, 7) is 1.44. The van der Waals surface area contributed by atoms with Crippen molar-refractivity contribution in [3.05, 3.63) is 53.6 Å². The maximum absolute atomic E-state index is 12.6. The normalized spacial score (nSPS) is 13.3. The van der Waals surface area contributed by atoms with Crippen LogP contribution >= 0.6 is 0 Å². The molecule has 0 bridgehead atoms. The molecule has 0 aromatic heterocycles. The van der Waals surface area contributed by atoms with Gasteiger partial charge < -0.3 is 19.5 Å². The van der Waals surface area contributed by atoms with Crippen molar-refractivity contribution < 1.29 is 19.0 Å². The van der Waals surface area contributed by atoms with Gasteiger partial charge in [-0.05, 0) is 37.1 Å². The predicted octanol–water partition coefficient (Wildman–Crippen LogP) is 2.99. The Morgan fingerprint density at radius 1 is 1.00 bits per heavy atom. The van der Waals surface area contributed by atoms with Crippen molar-refractivity contribution in [1.29, 1.82) is 0 Å². The number of benzene rings is 2. The molecule has 1 amide bonds. The Morgan fingerprint density at radius 3 is 2.39 bits per heavy atom. The largest absolute Gasteiger partial charge is 0.497 e. The molecule has 1 aliphatic carbocycles. The van der Waals surface area contributed by atoms with Crippen LogP contribution in [0.1, 0.15) is 24.0 Å². The van der Waals surface area contributed by atoms with Gasteiger partial charge in [-0.15, -0.1) is 0 Å². The molecular formula is C22H28N2O4. The predicted molar refractivity (Wildman–Crippen MR) is 108 cm³/mol. The summed E-state index contributed by atoms with van der Waals surface area (Å²) in [6.07, 6.45) is 2.23. The Hall–Kier alpha value is -2.73. The fourth-order valence-corrected chi connectivity index (χ4v) is 3.26. The Bertz CT molecular complexity index is 805. The molecule has 2 aromatic rings. The van der Waals surface area contributed by atoms with E-state index >= 15 is 0 Å². The summed E-state index contributed by atoms with van der Waals surface area (Å²) in [5.74, 6) is 2.37. The van der Waals surface area contributed by atoms with Crippen LogP contribution in [0.25, 0.3) is 0 Å². The van der Waals surface area contributed by atoms with Gasteiger partial charge in [-0.3, -0.25) is 9.69 Å². The number of nitrogens with one attached hydrogen (secondary N) is 1. The lowest BCUT2D eigenvalue weighted by Gasteiger charge is -2.23. The lowest BCUT2D eigenvalue weighted by Crippen LogP contribution is -2.38. The second-order valence-corrected chi connectivity index (χ2v) is 6.90. The third-order valence-electron chi connectivity index (χ3n) is 4.94. The van der Waals surface area contributed by atoms with Crippen LogP contribution in [0.4, 0.5) is 0 Å². The van der Waals surface area contributed by atoms with Crippen LogP contribution in [0.15, 0.2) is 42.5 Å². The van der Waals surface area contributed by atoms with Gasteiger partial charge in [0.2, 0.25) is 5.91 Å². The number of carbonyl (C=O) groups excluding carboxylic acids is 1. The van der Waals surface area contributed by atoms with E-state index in [1.807, 2.05) is 42.5 Å². The molecule has 1 N–H and O–H groups in total. The van der Waals surface area contributed by atoms with Gasteiger partial charge in [-0.25, -0.2) is 0 Å². The zero-order valence-electron chi connectivity index (χ0n) is 16.7. The monoisotopic (exact) mass is 384 g/mol. The number of ether oxygens (including phenoxy) is 3. The van der Waals surface area contributed by atoms with Gasteiger partial charge >= 0.3 is 0 Å². The number of hydrogen-bond acceptors (Lipinski definition) is 5. The highest BCUT2D eigenvalue weighted by atomic mass is 16.5. The van der Waals surface area contributed by atoms with E-state index in [4.69, 9.17) is 14.2 Å². The first-order valence-electron chi connectivity index (χ1n) is 9.48. The van der Waals surface area contributed by atoms with Gasteiger partial charge in [0.25, 0.3) is 0 Å². The molecule has 0 heterocycles. The van der Waals surface area contributed by atoms with E-state index in [1.54, 1.807) is 21.3 Å². The highest BCUT2D eigenvalue weighted by Gasteiger charge is 2.31. The summed E-state index contributed by atoms with van der Waals surface area (Å²) in [7, 11) is 4.94. The highest BCUT2D eigenvalue weighted by molar-refractivity contribution is 5.78. The molecule has 1 fully saturated rings. The zero-order valence-corrected chi connectivity index (χ0v) is 16.7. The zero-order chi connectivity index (χ0) is 19.9. The van der Waals surface area contributed by atoms with Gasteiger partial charge in [0, 0.05) is 30.3 Å². The van der Waals surface area contributed by atoms with E-state index in [1.165, 1.54) is 0 Å². The number of hydrogen-bond donors (Lipinski definition) is 1. The molecule has 28 heavy (non-hydrogen) atoms. The fraction of sp³-hybridized carbons (Fsp3) is 0.409. The molecule has 0 unspecified atom stereocenters. The van der Waals surface area contributed by atoms with Crippen molar-refractivity contribution in [3.8, 4) is 17.2 Å². The van der Waals surface area contributed by atoms with Gasteiger partial charge in [0.05, 0.1) is 27.9 Å². The minimum absolute atomic E-state index is 0.000306. The third-order valence-corrected chi connectivity index (χ3v) is 4.94. The Labute approximate surface area is 166 Å². The molecule has 2 aromatic carbocycles. The lowest BCUT2D eigenvalue weighted by atomic mass is 10.1. The first-order valence-corrected chi connectivity index (χ1v) is 9.48. The Kier molecular flexibility index (Phi) is 6.76. The van der Waals surface area contributed by atoms with Crippen molar-refractivity contribution in [2.75, 3.05) is 27.9 Å². The molecule has 3 rings (SSSR count). The van der Waals surface area contributed by atoms with Crippen LogP contribution in [0, 0.1) is 0 Å². The lowest BCUT2D eigenvalue weighted by molar-refractivity contribution is -0.122. The third kappa shape index (κ3) is 5.16. The van der Waals surface area contributed by atoms with Gasteiger partial charge in [0.15, 0.2) is 0 Å². The molecule has 1 saturated carbocycles. The molecule has 6 nitrogen and oxygen atoms in total. The fourth-order valence-electron chi connectivity index (χ4n) is 3.26. The van der Waals surface area contributed by atoms with E-state index < -0.39 is 0 Å². The van der Waals surface area contributed by atoms with Crippen LogP contribution in [0.3, 0.4) is 0 Å². The first kappa shape index (κ1) is 20.0. The average Bonchev–Trinajstić information content (AvgIpc) is 3.57. The molecular weight excluding hydrogens is 356 g/mol. The number of para-hydroxylation sites is 1. The number of rotatable bonds is 10. The molecule has 0 aliphatic heterocycles. The summed E-state index contributed by atoms with van der Waals surface area (Å²) in [5, 5.41) is 3.01. The maximum Gasteiger partial charge on any atom is 0.234 e. The van der Waals surface area contributed by atoms with Gasteiger partial charge in [-0.1, -0.05) is 18.2 Å². The van der Waals surface area contributed by atoms with Crippen LogP contribution < -0.4 is 19.5 Å². The van der Waals surface area contributed by atoms with Crippen LogP contribution in [0.2, 0.25) is 0 Å². The summed E-state index contributed by atoms with van der Waals surface area (Å²) in [5.41, 5.74) is 1.98. The van der Waals surface area contributed by atoms with Gasteiger partial charge in [0.1, 0.15) is 17.2 Å². The number of carbonyl (C=O) groups is 1. The van der Waals surface area contributed by atoms with Crippen LogP contribution in [-0.2, 0) is 17.9 Å². The van der Waals surface area contributed by atoms with Crippen molar-refractivity contribution in [2.24, 2.45) is 0 Å². The van der Waals surface area contributed by atoms with Crippen LogP contribution in [-0.4, -0.2) is 44.7 Å². The Morgan fingerprint density at radius 2 is 1.71 bits per heavy atom. The molecule has 0 atom stereocenters. The van der Waals surface area contributed by atoms with Crippen LogP contribution in [0.5, 0.6) is 17.2 Å². The van der Waals surface area contributed by atoms with E-state index in [0.717, 1.165) is 41.2 Å². The molecule has 0 radical (unpaired) electrons. The SMILES string of the molecule is COc1ccc(OC)c(CN(CC(=O)NCc2ccccc2OC)C2CC2)c1. The standard InChI is InChI=1S/C22H28N2O4/c1-26-19-10-11-21(28-3)17(12-19)14-24(18-8-9-18)15-22(25)23-13-16-6-4-5-7-20(16)27-2/h4-7,10-12,18H,8-9,13-15H2,1-3H3,(H,23,25). The van der Waals surface area contributed by atoms with E-state index in [2.05, 4.69) is 10.2 Å². The Balaban J connectivity index is 1.63. The molecule has 6 heteroatoms. The molecule has 150 valence electrons. The quantitative estimate of drug-likeness (QED) is 0.682. The van der Waals surface area contributed by atoms with Crippen molar-refractivity contribution in [2.45, 2.75) is 32.0 Å². The number of nitrogens with zero attached hydrogens (tertiary/aromatic N) is 1. The van der Waals surface area contributed by atoms with Crippen molar-refractivity contribution in [3.63, 3.8) is 0 Å². The average molecular weight is 384 g/mol. The summed E-state index contributed by atoms with van der Waals surface area (Å²) < 4.78 is 16.2. The minimum atomic E-state index is -0.000306. The minimum Gasteiger partial charge on any atom is -0.497 e. The van der Waals surface area contributed by atoms with E-state index in [9.17, 15) is 4.79 Å². The molecule has 0 spiro atoms. The molecule has 1 aliphatic rings. The number of methoxy groups -OCH3 is 3. The topological polar surface area (TPSA) is 60.0 Å². The second kappa shape index (κ2) is 9.46. The summed E-state index contributed by atoms with van der Waals surface area (Å²) in [6, 6.07) is 13.9. The molecule has 0 saturated heterocycles. The van der Waals surface area contributed by atoms with Gasteiger partial charge in [-0.2, -0.15) is 0 Å². The van der Waals surface area contributed by atoms with E-state index in [0.29, 0.717) is 25.7 Å². The smallest absolute Gasteiger partial charge is 0.234 e. The summed E-state index contributed by atoms with van der Waals surface area (Å²) in [4.78, 5) is 14.8.